The van der Waals surface area contributed by atoms with Gasteiger partial charge >= 0.3 is 0 Å². The summed E-state index contributed by atoms with van der Waals surface area (Å²) in [6, 6.07) is 6.53. The largest absolute Gasteiger partial charge is 0.507 e. The first-order valence-electron chi connectivity index (χ1n) is 11.1. The Morgan fingerprint density at radius 1 is 1.15 bits per heavy atom. The number of nitrogens with zero attached hydrogens (tertiary/aromatic N) is 4. The van der Waals surface area contributed by atoms with Crippen molar-refractivity contribution in [2.24, 2.45) is 7.05 Å². The second-order valence-electron chi connectivity index (χ2n) is 8.39. The van der Waals surface area contributed by atoms with Crippen LogP contribution in [0.25, 0.3) is 5.76 Å². The Balaban J connectivity index is 1.77. The molecule has 2 saturated heterocycles. The third-order valence-electron chi connectivity index (χ3n) is 6.48. The molecule has 1 amide bonds. The van der Waals surface area contributed by atoms with Crippen molar-refractivity contribution in [3.8, 4) is 5.75 Å². The average Bonchev–Trinajstić information content (AvgIpc) is 3.23. The van der Waals surface area contributed by atoms with E-state index < -0.39 is 17.7 Å². The lowest BCUT2D eigenvalue weighted by atomic mass is 9.94. The van der Waals surface area contributed by atoms with E-state index >= 15 is 0 Å². The summed E-state index contributed by atoms with van der Waals surface area (Å²) in [5, 5.41) is 15.7. The first-order valence-corrected chi connectivity index (χ1v) is 11.1. The Kier molecular flexibility index (Phi) is 6.53. The molecule has 1 N–H and O–H groups in total. The number of ketones is 1. The van der Waals surface area contributed by atoms with Crippen molar-refractivity contribution in [3.63, 3.8) is 0 Å². The summed E-state index contributed by atoms with van der Waals surface area (Å²) in [5.74, 6) is -0.808. The molecule has 0 unspecified atom stereocenters. The topological polar surface area (TPSA) is 97.1 Å². The Labute approximate surface area is 193 Å². The average molecular weight is 455 g/mol. The number of hydrogen-bond donors (Lipinski definition) is 1. The molecule has 2 aliphatic rings. The van der Waals surface area contributed by atoms with E-state index in [1.54, 1.807) is 42.8 Å². The number of aromatic nitrogens is 2. The van der Waals surface area contributed by atoms with Gasteiger partial charge in [-0.1, -0.05) is 12.1 Å². The molecular weight excluding hydrogens is 424 g/mol. The molecule has 0 spiro atoms. The molecule has 33 heavy (non-hydrogen) atoms. The molecule has 2 aliphatic heterocycles. The van der Waals surface area contributed by atoms with Gasteiger partial charge in [0.1, 0.15) is 11.5 Å². The minimum absolute atomic E-state index is 0.0892. The second-order valence-corrected chi connectivity index (χ2v) is 8.39. The lowest BCUT2D eigenvalue weighted by Gasteiger charge is -2.31. The lowest BCUT2D eigenvalue weighted by molar-refractivity contribution is -0.140. The van der Waals surface area contributed by atoms with Crippen LogP contribution in [0.1, 0.15) is 28.6 Å². The number of methoxy groups -OCH3 is 1. The van der Waals surface area contributed by atoms with E-state index in [2.05, 4.69) is 10.00 Å². The molecule has 176 valence electrons. The van der Waals surface area contributed by atoms with Crippen LogP contribution in [0.4, 0.5) is 0 Å². The summed E-state index contributed by atoms with van der Waals surface area (Å²) >= 11 is 0. The van der Waals surface area contributed by atoms with Gasteiger partial charge in [0.2, 0.25) is 0 Å². The smallest absolute Gasteiger partial charge is 0.295 e. The van der Waals surface area contributed by atoms with Crippen molar-refractivity contribution in [1.82, 2.24) is 19.6 Å². The summed E-state index contributed by atoms with van der Waals surface area (Å²) in [5.41, 5.74) is 2.63. The van der Waals surface area contributed by atoms with Gasteiger partial charge in [0.25, 0.3) is 11.7 Å². The van der Waals surface area contributed by atoms with Crippen LogP contribution in [0.15, 0.2) is 29.8 Å². The van der Waals surface area contributed by atoms with Crippen LogP contribution in [0.3, 0.4) is 0 Å². The first-order chi connectivity index (χ1) is 15.8. The zero-order valence-corrected chi connectivity index (χ0v) is 19.5. The van der Waals surface area contributed by atoms with E-state index in [1.165, 1.54) is 0 Å². The number of ether oxygens (including phenoxy) is 2. The molecule has 2 fully saturated rings. The molecule has 0 bridgehead atoms. The summed E-state index contributed by atoms with van der Waals surface area (Å²) in [6.45, 7) is 7.46. The molecule has 0 saturated carbocycles. The first kappa shape index (κ1) is 23.0. The Morgan fingerprint density at radius 3 is 2.39 bits per heavy atom. The van der Waals surface area contributed by atoms with Gasteiger partial charge in [0, 0.05) is 38.9 Å². The van der Waals surface area contributed by atoms with Crippen molar-refractivity contribution in [3.05, 3.63) is 52.4 Å². The maximum atomic E-state index is 13.2. The van der Waals surface area contributed by atoms with Crippen molar-refractivity contribution in [2.75, 3.05) is 46.5 Å². The number of amides is 1. The number of aryl methyl sites for hydroxylation is 2. The highest BCUT2D eigenvalue weighted by Crippen LogP contribution is 2.40. The summed E-state index contributed by atoms with van der Waals surface area (Å²) < 4.78 is 12.3. The van der Waals surface area contributed by atoms with E-state index in [1.807, 2.05) is 19.1 Å². The Bertz CT molecular complexity index is 1080. The number of carbonyl (C=O) groups excluding carboxylic acids is 2. The van der Waals surface area contributed by atoms with Crippen LogP contribution in [-0.4, -0.2) is 82.9 Å². The fourth-order valence-corrected chi connectivity index (χ4v) is 4.57. The lowest BCUT2D eigenvalue weighted by Crippen LogP contribution is -2.42. The monoisotopic (exact) mass is 454 g/mol. The van der Waals surface area contributed by atoms with E-state index in [9.17, 15) is 14.7 Å². The number of aliphatic hydroxyl groups is 1. The third kappa shape index (κ3) is 4.26. The van der Waals surface area contributed by atoms with Crippen LogP contribution in [0.2, 0.25) is 0 Å². The number of rotatable bonds is 6. The van der Waals surface area contributed by atoms with Crippen molar-refractivity contribution in [1.29, 1.82) is 0 Å². The third-order valence-corrected chi connectivity index (χ3v) is 6.48. The number of likely N-dealkylation sites (tertiary alicyclic amines) is 1. The fourth-order valence-electron chi connectivity index (χ4n) is 4.57. The van der Waals surface area contributed by atoms with Gasteiger partial charge in [0.15, 0.2) is 0 Å². The number of carbonyl (C=O) groups is 2. The molecular formula is C24H30N4O5. The predicted octanol–water partition coefficient (Wildman–Crippen LogP) is 1.80. The van der Waals surface area contributed by atoms with Gasteiger partial charge in [0.05, 0.1) is 43.2 Å². The van der Waals surface area contributed by atoms with Gasteiger partial charge in [-0.25, -0.2) is 0 Å². The summed E-state index contributed by atoms with van der Waals surface area (Å²) in [4.78, 5) is 30.1. The van der Waals surface area contributed by atoms with Crippen LogP contribution in [-0.2, 0) is 21.4 Å². The molecule has 0 aliphatic carbocycles. The summed E-state index contributed by atoms with van der Waals surface area (Å²) in [6.07, 6.45) is 0. The molecule has 3 heterocycles. The number of Topliss-reactive ketones (excluding diaryl/α,β-unsaturated/α-hetero) is 1. The highest BCUT2D eigenvalue weighted by molar-refractivity contribution is 6.46. The molecule has 1 aromatic carbocycles. The van der Waals surface area contributed by atoms with E-state index in [4.69, 9.17) is 9.47 Å². The Hall–Kier alpha value is -3.17. The van der Waals surface area contributed by atoms with Crippen LogP contribution >= 0.6 is 0 Å². The van der Waals surface area contributed by atoms with Crippen molar-refractivity contribution < 1.29 is 24.2 Å². The highest BCUT2D eigenvalue weighted by Gasteiger charge is 2.46. The second kappa shape index (κ2) is 9.36. The predicted molar refractivity (Wildman–Crippen MR) is 122 cm³/mol. The zero-order valence-electron chi connectivity index (χ0n) is 19.5. The molecule has 2 aromatic rings. The zero-order chi connectivity index (χ0) is 23.7. The van der Waals surface area contributed by atoms with E-state index in [0.29, 0.717) is 43.3 Å². The maximum Gasteiger partial charge on any atom is 0.295 e. The van der Waals surface area contributed by atoms with Gasteiger partial charge in [-0.15, -0.1) is 0 Å². The normalized spacial score (nSPS) is 21.1. The van der Waals surface area contributed by atoms with Gasteiger partial charge in [-0.3, -0.25) is 19.2 Å². The van der Waals surface area contributed by atoms with Crippen LogP contribution in [0, 0.1) is 13.8 Å². The Morgan fingerprint density at radius 2 is 1.82 bits per heavy atom. The minimum Gasteiger partial charge on any atom is -0.507 e. The molecule has 0 radical (unpaired) electrons. The maximum absolute atomic E-state index is 13.2. The van der Waals surface area contributed by atoms with Crippen molar-refractivity contribution in [2.45, 2.75) is 19.9 Å². The number of morpholine rings is 1. The molecule has 9 heteroatoms. The van der Waals surface area contributed by atoms with Gasteiger partial charge in [-0.05, 0) is 31.5 Å². The molecule has 9 nitrogen and oxygen atoms in total. The standard InChI is InChI=1S/C24H30N4O5/c1-15-19(16(2)26(3)25-15)22(29)20-21(17-5-7-18(32-4)8-6-17)28(24(31)23(20)30)10-9-27-11-13-33-14-12-27/h5-8,21,29H,9-14H2,1-4H3/t21-/m1/s1. The number of aliphatic hydroxyl groups excluding tert-OH is 1. The SMILES string of the molecule is COc1ccc([C@@H]2C(=C(O)c3c(C)nn(C)c3C)C(=O)C(=O)N2CCN2CCOCC2)cc1. The molecule has 4 rings (SSSR count). The van der Waals surface area contributed by atoms with Gasteiger partial charge < -0.3 is 19.5 Å². The minimum atomic E-state index is -0.698. The summed E-state index contributed by atoms with van der Waals surface area (Å²) in [7, 11) is 3.36. The van der Waals surface area contributed by atoms with Crippen molar-refractivity contribution >= 4 is 17.4 Å². The quantitative estimate of drug-likeness (QED) is 0.404. The fraction of sp³-hybridized carbons (Fsp3) is 0.458. The van der Waals surface area contributed by atoms with Crippen LogP contribution in [0.5, 0.6) is 5.75 Å². The number of hydrogen-bond acceptors (Lipinski definition) is 7. The number of benzene rings is 1. The van der Waals surface area contributed by atoms with E-state index in [0.717, 1.165) is 24.3 Å². The van der Waals surface area contributed by atoms with Gasteiger partial charge in [-0.2, -0.15) is 5.10 Å². The highest BCUT2D eigenvalue weighted by atomic mass is 16.5. The van der Waals surface area contributed by atoms with E-state index in [-0.39, 0.29) is 11.3 Å². The molecule has 1 aromatic heterocycles. The molecule has 1 atom stereocenters. The van der Waals surface area contributed by atoms with Crippen LogP contribution < -0.4 is 4.74 Å².